The summed E-state index contributed by atoms with van der Waals surface area (Å²) in [5, 5.41) is 0. The molecule has 0 bridgehead atoms. The van der Waals surface area contributed by atoms with Gasteiger partial charge in [-0.3, -0.25) is 0 Å². The Morgan fingerprint density at radius 1 is 0.750 bits per heavy atom. The van der Waals surface area contributed by atoms with Crippen molar-refractivity contribution in [2.75, 3.05) is 7.11 Å². The maximum absolute atomic E-state index is 8.00. The molecule has 0 amide bonds. The monoisotopic (exact) mass is 324 g/mol. The SMILES string of the molecule is C=O.C=O.C=O.C=O.C=O.COCc1ccccc1.[Cr]. The first-order chi connectivity index (χ1) is 9.43. The smallest absolute Gasteiger partial charge is 0.106 e. The fourth-order valence-electron chi connectivity index (χ4n) is 0.741. The predicted molar refractivity (Wildman–Crippen MR) is 72.8 cm³/mol. The summed E-state index contributed by atoms with van der Waals surface area (Å²) in [5.74, 6) is 0. The zero-order valence-corrected chi connectivity index (χ0v) is 12.8. The molecular formula is C13H20CrO6. The molecule has 114 valence electrons. The average molecular weight is 324 g/mol. The Morgan fingerprint density at radius 3 is 1.30 bits per heavy atom. The second kappa shape index (κ2) is 67.7. The van der Waals surface area contributed by atoms with Gasteiger partial charge >= 0.3 is 0 Å². The number of hydrogen-bond donors (Lipinski definition) is 0. The van der Waals surface area contributed by atoms with Gasteiger partial charge in [0.15, 0.2) is 0 Å². The summed E-state index contributed by atoms with van der Waals surface area (Å²) in [4.78, 5) is 40.0. The van der Waals surface area contributed by atoms with Crippen molar-refractivity contribution in [3.63, 3.8) is 0 Å². The van der Waals surface area contributed by atoms with Gasteiger partial charge in [-0.25, -0.2) is 0 Å². The zero-order valence-electron chi connectivity index (χ0n) is 11.5. The van der Waals surface area contributed by atoms with Gasteiger partial charge < -0.3 is 28.7 Å². The van der Waals surface area contributed by atoms with E-state index in [0.717, 1.165) is 0 Å². The van der Waals surface area contributed by atoms with E-state index in [9.17, 15) is 0 Å². The number of rotatable bonds is 2. The maximum atomic E-state index is 8.00. The van der Waals surface area contributed by atoms with Gasteiger partial charge in [0.2, 0.25) is 0 Å². The van der Waals surface area contributed by atoms with Crippen LogP contribution in [0.5, 0.6) is 0 Å². The van der Waals surface area contributed by atoms with Crippen LogP contribution in [0, 0.1) is 0 Å². The van der Waals surface area contributed by atoms with E-state index >= 15 is 0 Å². The Hall–Kier alpha value is -1.94. The summed E-state index contributed by atoms with van der Waals surface area (Å²) in [6.45, 7) is 10.7. The van der Waals surface area contributed by atoms with E-state index in [2.05, 4.69) is 0 Å². The van der Waals surface area contributed by atoms with Gasteiger partial charge in [-0.15, -0.1) is 0 Å². The molecule has 1 aromatic carbocycles. The molecule has 0 atom stereocenters. The van der Waals surface area contributed by atoms with E-state index in [-0.39, 0.29) is 17.4 Å². The molecule has 0 saturated carbocycles. The van der Waals surface area contributed by atoms with E-state index in [4.69, 9.17) is 28.7 Å². The van der Waals surface area contributed by atoms with Gasteiger partial charge in [-0.2, -0.15) is 0 Å². The Bertz CT molecular complexity index is 224. The van der Waals surface area contributed by atoms with Crippen LogP contribution in [0.2, 0.25) is 0 Å². The standard InChI is InChI=1S/C8H10O.5CH2O.Cr/c1-9-7-8-5-3-2-4-6-8;5*1-2;/h2-6H,7H2,1H3;5*1H2;. The minimum absolute atomic E-state index is 0. The quantitative estimate of drug-likeness (QED) is 0.802. The number of ether oxygens (including phenoxy) is 1. The van der Waals surface area contributed by atoms with E-state index in [1.165, 1.54) is 5.56 Å². The Labute approximate surface area is 130 Å². The second-order valence-corrected chi connectivity index (χ2v) is 1.92. The van der Waals surface area contributed by atoms with Gasteiger partial charge in [0.1, 0.15) is 33.9 Å². The van der Waals surface area contributed by atoms with Crippen molar-refractivity contribution in [2.45, 2.75) is 6.61 Å². The van der Waals surface area contributed by atoms with Crippen LogP contribution in [0.4, 0.5) is 0 Å². The topological polar surface area (TPSA) is 94.6 Å². The molecular weight excluding hydrogens is 304 g/mol. The Balaban J connectivity index is -0.0000000384. The third-order valence-electron chi connectivity index (χ3n) is 1.15. The normalized spacial score (nSPS) is 5.25. The molecule has 1 aromatic rings. The molecule has 0 N–H and O–H groups in total. The fourth-order valence-corrected chi connectivity index (χ4v) is 0.741. The number of carbonyl (C=O) groups is 5. The molecule has 0 aromatic heterocycles. The first-order valence-corrected chi connectivity index (χ1v) is 4.40. The van der Waals surface area contributed by atoms with E-state index < -0.39 is 0 Å². The zero-order chi connectivity index (χ0) is 16.5. The van der Waals surface area contributed by atoms with Crippen molar-refractivity contribution in [2.24, 2.45) is 0 Å². The first-order valence-electron chi connectivity index (χ1n) is 4.40. The van der Waals surface area contributed by atoms with Crippen molar-refractivity contribution in [1.82, 2.24) is 0 Å². The van der Waals surface area contributed by atoms with Crippen LogP contribution in [-0.2, 0) is 52.7 Å². The minimum Gasteiger partial charge on any atom is -0.380 e. The van der Waals surface area contributed by atoms with E-state index in [0.29, 0.717) is 6.61 Å². The van der Waals surface area contributed by atoms with Crippen molar-refractivity contribution < 1.29 is 46.1 Å². The maximum Gasteiger partial charge on any atom is 0.106 e. The molecule has 1 rings (SSSR count). The Kier molecular flexibility index (Phi) is 122. The van der Waals surface area contributed by atoms with Crippen LogP contribution in [0.25, 0.3) is 0 Å². The van der Waals surface area contributed by atoms with Crippen LogP contribution in [-0.4, -0.2) is 41.1 Å². The summed E-state index contributed by atoms with van der Waals surface area (Å²) in [7, 11) is 1.70. The summed E-state index contributed by atoms with van der Waals surface area (Å²) >= 11 is 0. The summed E-state index contributed by atoms with van der Waals surface area (Å²) in [5.41, 5.74) is 1.22. The van der Waals surface area contributed by atoms with Crippen molar-refractivity contribution in [3.05, 3.63) is 35.9 Å². The summed E-state index contributed by atoms with van der Waals surface area (Å²) in [6, 6.07) is 10.1. The van der Waals surface area contributed by atoms with Gasteiger partial charge in [-0.1, -0.05) is 30.3 Å². The molecule has 0 aliphatic heterocycles. The average Bonchev–Trinajstić information content (AvgIpc) is 2.58. The largest absolute Gasteiger partial charge is 0.380 e. The molecule has 6 nitrogen and oxygen atoms in total. The molecule has 0 heterocycles. The number of methoxy groups -OCH3 is 1. The predicted octanol–water partition coefficient (Wildman–Crippen LogP) is 0.906. The van der Waals surface area contributed by atoms with Crippen LogP contribution in [0.1, 0.15) is 5.56 Å². The van der Waals surface area contributed by atoms with E-state index in [1.54, 1.807) is 7.11 Å². The van der Waals surface area contributed by atoms with Crippen molar-refractivity contribution >= 4 is 33.9 Å². The third-order valence-corrected chi connectivity index (χ3v) is 1.15. The molecule has 0 saturated heterocycles. The number of hydrogen-bond acceptors (Lipinski definition) is 6. The molecule has 7 heteroatoms. The van der Waals surface area contributed by atoms with Crippen LogP contribution in [0.3, 0.4) is 0 Å². The summed E-state index contributed by atoms with van der Waals surface area (Å²) in [6.07, 6.45) is 0. The van der Waals surface area contributed by atoms with Gasteiger partial charge in [0.05, 0.1) is 6.61 Å². The molecule has 0 aliphatic carbocycles. The van der Waals surface area contributed by atoms with Crippen molar-refractivity contribution in [1.29, 1.82) is 0 Å². The second-order valence-electron chi connectivity index (χ2n) is 1.92. The van der Waals surface area contributed by atoms with Gasteiger partial charge in [-0.05, 0) is 5.56 Å². The molecule has 0 radical (unpaired) electrons. The molecule has 0 fully saturated rings. The first kappa shape index (κ1) is 36.1. The number of benzene rings is 1. The van der Waals surface area contributed by atoms with Gasteiger partial charge in [0, 0.05) is 24.5 Å². The molecule has 0 unspecified atom stereocenters. The van der Waals surface area contributed by atoms with Crippen molar-refractivity contribution in [3.8, 4) is 0 Å². The van der Waals surface area contributed by atoms with E-state index in [1.807, 2.05) is 64.3 Å². The molecule has 0 spiro atoms. The third kappa shape index (κ3) is 44.4. The van der Waals surface area contributed by atoms with Crippen LogP contribution in [0.15, 0.2) is 30.3 Å². The minimum atomic E-state index is 0. The van der Waals surface area contributed by atoms with Crippen LogP contribution < -0.4 is 0 Å². The summed E-state index contributed by atoms with van der Waals surface area (Å²) < 4.78 is 4.93. The molecule has 20 heavy (non-hydrogen) atoms. The van der Waals surface area contributed by atoms with Crippen LogP contribution >= 0.6 is 0 Å². The fraction of sp³-hybridized carbons (Fsp3) is 0.154. The Morgan fingerprint density at radius 2 is 1.05 bits per heavy atom. The van der Waals surface area contributed by atoms with Gasteiger partial charge in [0.25, 0.3) is 0 Å². The number of carbonyl (C=O) groups excluding carboxylic acids is 5. The molecule has 0 aliphatic rings.